The Labute approximate surface area is 121 Å². The minimum atomic E-state index is -0.611. The Balaban J connectivity index is 2.82. The van der Waals surface area contributed by atoms with Gasteiger partial charge in [0.25, 0.3) is 5.56 Å². The molecule has 7 heteroatoms. The number of hydrogen-bond acceptors (Lipinski definition) is 5. The first-order valence-corrected chi connectivity index (χ1v) is 7.05. The molecule has 1 aromatic heterocycles. The number of aliphatic hydroxyl groups excluding tert-OH is 1. The normalized spacial score (nSPS) is 14.5. The van der Waals surface area contributed by atoms with Crippen LogP contribution < -0.4 is 16.6 Å². The van der Waals surface area contributed by atoms with E-state index in [0.29, 0.717) is 29.2 Å². The van der Waals surface area contributed by atoms with Crippen LogP contribution in [0.5, 0.6) is 0 Å². The molecule has 0 fully saturated rings. The molecular formula is C12H21BrN4O2. The average Bonchev–Trinajstić information content (AvgIpc) is 2.33. The predicted octanol–water partition coefficient (Wildman–Crippen LogP) is 0.782. The summed E-state index contributed by atoms with van der Waals surface area (Å²) >= 11 is 3.27. The lowest BCUT2D eigenvalue weighted by Gasteiger charge is -2.17. The fourth-order valence-electron chi connectivity index (χ4n) is 1.46. The van der Waals surface area contributed by atoms with Crippen LogP contribution in [-0.2, 0) is 6.54 Å². The SMILES string of the molecule is CC(C)Cn1ncc(NCC(N)C(C)O)c(Br)c1=O. The molecule has 0 amide bonds. The third-order valence-electron chi connectivity index (χ3n) is 2.67. The van der Waals surface area contributed by atoms with Gasteiger partial charge in [0.1, 0.15) is 4.47 Å². The standard InChI is InChI=1S/C12H21BrN4O2/c1-7(2)6-17-12(19)11(13)10(5-16-17)15-4-9(14)8(3)18/h5,7-9,15,18H,4,6,14H2,1-3H3. The van der Waals surface area contributed by atoms with E-state index in [1.807, 2.05) is 13.8 Å². The zero-order valence-corrected chi connectivity index (χ0v) is 13.0. The predicted molar refractivity (Wildman–Crippen MR) is 79.2 cm³/mol. The minimum Gasteiger partial charge on any atom is -0.392 e. The molecule has 0 aromatic carbocycles. The van der Waals surface area contributed by atoms with Gasteiger partial charge in [-0.05, 0) is 28.8 Å². The Bertz CT molecular complexity index is 473. The lowest BCUT2D eigenvalue weighted by Crippen LogP contribution is -2.39. The van der Waals surface area contributed by atoms with Crippen molar-refractivity contribution in [1.29, 1.82) is 0 Å². The molecule has 4 N–H and O–H groups in total. The maximum atomic E-state index is 12.0. The van der Waals surface area contributed by atoms with Crippen molar-refractivity contribution in [2.24, 2.45) is 11.7 Å². The second-order valence-corrected chi connectivity index (χ2v) is 5.83. The van der Waals surface area contributed by atoms with Gasteiger partial charge in [-0.15, -0.1) is 0 Å². The first-order valence-electron chi connectivity index (χ1n) is 6.26. The number of nitrogens with one attached hydrogen (secondary N) is 1. The van der Waals surface area contributed by atoms with E-state index >= 15 is 0 Å². The summed E-state index contributed by atoms with van der Waals surface area (Å²) in [7, 11) is 0. The van der Waals surface area contributed by atoms with Crippen molar-refractivity contribution in [1.82, 2.24) is 9.78 Å². The monoisotopic (exact) mass is 332 g/mol. The highest BCUT2D eigenvalue weighted by Gasteiger charge is 2.12. The summed E-state index contributed by atoms with van der Waals surface area (Å²) in [6.07, 6.45) is 0.975. The van der Waals surface area contributed by atoms with Crippen LogP contribution >= 0.6 is 15.9 Å². The van der Waals surface area contributed by atoms with E-state index in [1.165, 1.54) is 4.68 Å². The summed E-state index contributed by atoms with van der Waals surface area (Å²) in [4.78, 5) is 12.0. The number of aliphatic hydroxyl groups is 1. The van der Waals surface area contributed by atoms with Crippen LogP contribution in [0.1, 0.15) is 20.8 Å². The van der Waals surface area contributed by atoms with Gasteiger partial charge in [-0.1, -0.05) is 13.8 Å². The molecule has 0 aliphatic rings. The second-order valence-electron chi connectivity index (χ2n) is 5.04. The van der Waals surface area contributed by atoms with Crippen molar-refractivity contribution in [2.45, 2.75) is 39.5 Å². The molecule has 1 heterocycles. The molecule has 0 aliphatic heterocycles. The number of nitrogens with zero attached hydrogens (tertiary/aromatic N) is 2. The molecular weight excluding hydrogens is 312 g/mol. The lowest BCUT2D eigenvalue weighted by atomic mass is 10.2. The van der Waals surface area contributed by atoms with Crippen molar-refractivity contribution in [3.8, 4) is 0 Å². The van der Waals surface area contributed by atoms with Crippen LogP contribution in [0.2, 0.25) is 0 Å². The number of anilines is 1. The van der Waals surface area contributed by atoms with Crippen LogP contribution in [0.4, 0.5) is 5.69 Å². The van der Waals surface area contributed by atoms with Crippen molar-refractivity contribution >= 4 is 21.6 Å². The summed E-state index contributed by atoms with van der Waals surface area (Å²) in [5, 5.41) is 16.4. The van der Waals surface area contributed by atoms with E-state index in [-0.39, 0.29) is 5.56 Å². The van der Waals surface area contributed by atoms with E-state index < -0.39 is 12.1 Å². The van der Waals surface area contributed by atoms with Crippen LogP contribution in [0.3, 0.4) is 0 Å². The van der Waals surface area contributed by atoms with Gasteiger partial charge in [0, 0.05) is 19.1 Å². The zero-order chi connectivity index (χ0) is 14.6. The highest BCUT2D eigenvalue weighted by molar-refractivity contribution is 9.10. The molecule has 2 unspecified atom stereocenters. The third kappa shape index (κ3) is 4.59. The Morgan fingerprint density at radius 2 is 2.16 bits per heavy atom. The van der Waals surface area contributed by atoms with Gasteiger partial charge in [-0.2, -0.15) is 5.10 Å². The quantitative estimate of drug-likeness (QED) is 0.715. The van der Waals surface area contributed by atoms with Gasteiger partial charge in [-0.3, -0.25) is 4.79 Å². The first kappa shape index (κ1) is 16.1. The lowest BCUT2D eigenvalue weighted by molar-refractivity contribution is 0.168. The summed E-state index contributed by atoms with van der Waals surface area (Å²) in [5.74, 6) is 0.347. The maximum absolute atomic E-state index is 12.0. The summed E-state index contributed by atoms with van der Waals surface area (Å²) in [5.41, 5.74) is 6.12. The fourth-order valence-corrected chi connectivity index (χ4v) is 1.91. The summed E-state index contributed by atoms with van der Waals surface area (Å²) in [6, 6.07) is -0.398. The van der Waals surface area contributed by atoms with Gasteiger partial charge < -0.3 is 16.2 Å². The van der Waals surface area contributed by atoms with Crippen molar-refractivity contribution in [2.75, 3.05) is 11.9 Å². The van der Waals surface area contributed by atoms with Crippen molar-refractivity contribution in [3.05, 3.63) is 21.0 Å². The zero-order valence-electron chi connectivity index (χ0n) is 11.4. The average molecular weight is 333 g/mol. The molecule has 0 aliphatic carbocycles. The van der Waals surface area contributed by atoms with Gasteiger partial charge in [-0.25, -0.2) is 4.68 Å². The van der Waals surface area contributed by atoms with Gasteiger partial charge in [0.2, 0.25) is 0 Å². The number of hydrogen-bond donors (Lipinski definition) is 3. The van der Waals surface area contributed by atoms with Crippen molar-refractivity contribution < 1.29 is 5.11 Å². The van der Waals surface area contributed by atoms with Gasteiger partial charge in [0.05, 0.1) is 18.0 Å². The first-order chi connectivity index (χ1) is 8.82. The molecule has 0 saturated heterocycles. The summed E-state index contributed by atoms with van der Waals surface area (Å²) in [6.45, 7) is 6.61. The smallest absolute Gasteiger partial charge is 0.283 e. The molecule has 0 radical (unpaired) electrons. The van der Waals surface area contributed by atoms with Crippen molar-refractivity contribution in [3.63, 3.8) is 0 Å². The van der Waals surface area contributed by atoms with Gasteiger partial charge in [0.15, 0.2) is 0 Å². The minimum absolute atomic E-state index is 0.177. The Kier molecular flexibility index (Phi) is 5.96. The van der Waals surface area contributed by atoms with E-state index in [1.54, 1.807) is 13.1 Å². The van der Waals surface area contributed by atoms with E-state index in [2.05, 4.69) is 26.3 Å². The molecule has 0 spiro atoms. The Morgan fingerprint density at radius 3 is 2.68 bits per heavy atom. The molecule has 0 saturated carbocycles. The molecule has 1 rings (SSSR count). The van der Waals surface area contributed by atoms with Crippen LogP contribution in [-0.4, -0.2) is 33.6 Å². The second kappa shape index (κ2) is 7.02. The molecule has 2 atom stereocenters. The highest BCUT2D eigenvalue weighted by atomic mass is 79.9. The molecule has 0 bridgehead atoms. The number of aromatic nitrogens is 2. The van der Waals surface area contributed by atoms with Crippen LogP contribution in [0, 0.1) is 5.92 Å². The molecule has 19 heavy (non-hydrogen) atoms. The van der Waals surface area contributed by atoms with E-state index in [4.69, 9.17) is 5.73 Å². The van der Waals surface area contributed by atoms with Gasteiger partial charge >= 0.3 is 0 Å². The van der Waals surface area contributed by atoms with Crippen LogP contribution in [0.15, 0.2) is 15.5 Å². The third-order valence-corrected chi connectivity index (χ3v) is 3.44. The fraction of sp³-hybridized carbons (Fsp3) is 0.667. The molecule has 1 aromatic rings. The molecule has 108 valence electrons. The number of nitrogens with two attached hydrogens (primary N) is 1. The topological polar surface area (TPSA) is 93.2 Å². The van der Waals surface area contributed by atoms with E-state index in [0.717, 1.165) is 0 Å². The van der Waals surface area contributed by atoms with Crippen LogP contribution in [0.25, 0.3) is 0 Å². The summed E-state index contributed by atoms with van der Waals surface area (Å²) < 4.78 is 1.86. The highest BCUT2D eigenvalue weighted by Crippen LogP contribution is 2.16. The number of rotatable bonds is 6. The largest absolute Gasteiger partial charge is 0.392 e. The van der Waals surface area contributed by atoms with E-state index in [9.17, 15) is 9.90 Å². The molecule has 6 nitrogen and oxygen atoms in total. The Hall–Kier alpha value is -0.920. The maximum Gasteiger partial charge on any atom is 0.283 e. The Morgan fingerprint density at radius 1 is 1.53 bits per heavy atom. The number of halogens is 1.